The molecule has 1 fully saturated rings. The summed E-state index contributed by atoms with van der Waals surface area (Å²) in [6.45, 7) is 1.01. The van der Waals surface area contributed by atoms with Gasteiger partial charge in [0.1, 0.15) is 22.6 Å². The molecule has 2 heterocycles. The quantitative estimate of drug-likeness (QED) is 0.345. The van der Waals surface area contributed by atoms with Crippen molar-refractivity contribution >= 4 is 40.7 Å². The average molecular weight is 483 g/mol. The maximum Gasteiger partial charge on any atom is 0.295 e. The van der Waals surface area contributed by atoms with E-state index in [1.807, 2.05) is 19.0 Å². The maximum absolute atomic E-state index is 13.0. The minimum Gasteiger partial charge on any atom is -0.507 e. The number of carbonyl (C=O) groups is 2. The number of carbonyl (C=O) groups excluding carboxylic acids is 2. The second-order valence-corrected chi connectivity index (χ2v) is 8.24. The zero-order valence-corrected chi connectivity index (χ0v) is 19.7. The summed E-state index contributed by atoms with van der Waals surface area (Å²) in [6, 6.07) is 3.76. The van der Waals surface area contributed by atoms with Gasteiger partial charge in [-0.2, -0.15) is 0 Å². The molecule has 0 radical (unpaired) electrons. The first-order chi connectivity index (χ1) is 15.2. The van der Waals surface area contributed by atoms with Crippen molar-refractivity contribution in [1.29, 1.82) is 0 Å². The molecule has 10 heteroatoms. The van der Waals surface area contributed by atoms with E-state index in [4.69, 9.17) is 37.1 Å². The van der Waals surface area contributed by atoms with Crippen molar-refractivity contribution in [3.8, 4) is 11.5 Å². The van der Waals surface area contributed by atoms with E-state index < -0.39 is 23.5 Å². The number of aliphatic hydroxyl groups excluding tert-OH is 1. The fourth-order valence-corrected chi connectivity index (χ4v) is 4.39. The summed E-state index contributed by atoms with van der Waals surface area (Å²) in [7, 11) is 6.58. The second kappa shape index (κ2) is 9.85. The van der Waals surface area contributed by atoms with E-state index in [-0.39, 0.29) is 32.7 Å². The van der Waals surface area contributed by atoms with Gasteiger partial charge in [-0.15, -0.1) is 0 Å². The Labute approximate surface area is 195 Å². The molecule has 1 atom stereocenters. The number of ketones is 1. The van der Waals surface area contributed by atoms with Crippen molar-refractivity contribution in [3.05, 3.63) is 51.4 Å². The third-order valence-electron chi connectivity index (χ3n) is 5.15. The number of furan rings is 1. The van der Waals surface area contributed by atoms with E-state index in [0.717, 1.165) is 0 Å². The fraction of sp³-hybridized carbons (Fsp3) is 0.364. The number of rotatable bonds is 8. The molecule has 1 unspecified atom stereocenters. The molecule has 0 spiro atoms. The van der Waals surface area contributed by atoms with Crippen LogP contribution in [0.2, 0.25) is 10.0 Å². The Balaban J connectivity index is 2.17. The van der Waals surface area contributed by atoms with Crippen LogP contribution in [0.3, 0.4) is 0 Å². The predicted octanol–water partition coefficient (Wildman–Crippen LogP) is 3.98. The molecule has 1 aliphatic rings. The summed E-state index contributed by atoms with van der Waals surface area (Å²) in [4.78, 5) is 29.3. The molecular formula is C22H24Cl2N2O6. The van der Waals surface area contributed by atoms with Crippen LogP contribution in [0, 0.1) is 0 Å². The minimum atomic E-state index is -0.906. The molecule has 0 aliphatic carbocycles. The Morgan fingerprint density at radius 1 is 1.22 bits per heavy atom. The number of hydrogen-bond donors (Lipinski definition) is 1. The third-order valence-corrected chi connectivity index (χ3v) is 5.78. The van der Waals surface area contributed by atoms with Crippen LogP contribution < -0.4 is 9.47 Å². The van der Waals surface area contributed by atoms with E-state index in [1.165, 1.54) is 31.4 Å². The first-order valence-corrected chi connectivity index (χ1v) is 10.5. The van der Waals surface area contributed by atoms with Gasteiger partial charge in [0.15, 0.2) is 11.5 Å². The lowest BCUT2D eigenvalue weighted by molar-refractivity contribution is -0.140. The minimum absolute atomic E-state index is 0.0267. The number of nitrogens with zero attached hydrogens (tertiary/aromatic N) is 2. The summed E-state index contributed by atoms with van der Waals surface area (Å²) in [5.74, 6) is -1.46. The van der Waals surface area contributed by atoms with Crippen LogP contribution in [0.4, 0.5) is 0 Å². The molecule has 1 aliphatic heterocycles. The first kappa shape index (κ1) is 24.0. The highest BCUT2D eigenvalue weighted by molar-refractivity contribution is 6.47. The Kier molecular flexibility index (Phi) is 7.38. The van der Waals surface area contributed by atoms with Gasteiger partial charge in [0, 0.05) is 6.54 Å². The van der Waals surface area contributed by atoms with Crippen LogP contribution >= 0.6 is 23.2 Å². The molecule has 32 heavy (non-hydrogen) atoms. The third kappa shape index (κ3) is 4.30. The summed E-state index contributed by atoms with van der Waals surface area (Å²) >= 11 is 12.6. The smallest absolute Gasteiger partial charge is 0.295 e. The van der Waals surface area contributed by atoms with E-state index in [0.29, 0.717) is 25.3 Å². The summed E-state index contributed by atoms with van der Waals surface area (Å²) in [5.41, 5.74) is -0.0726. The van der Waals surface area contributed by atoms with Gasteiger partial charge >= 0.3 is 0 Å². The van der Waals surface area contributed by atoms with Gasteiger partial charge < -0.3 is 28.8 Å². The highest BCUT2D eigenvalue weighted by Crippen LogP contribution is 2.47. The lowest BCUT2D eigenvalue weighted by Crippen LogP contribution is -2.32. The SMILES string of the molecule is COc1c(Cl)cc(/C(O)=C2/C(=O)C(=O)N(CCCN(C)C)C2c2ccco2)c(OC)c1Cl. The fourth-order valence-electron chi connectivity index (χ4n) is 3.70. The van der Waals surface area contributed by atoms with E-state index >= 15 is 0 Å². The number of Topliss-reactive ketones (excluding diaryl/α,β-unsaturated/α-hetero) is 1. The molecule has 1 aromatic carbocycles. The largest absolute Gasteiger partial charge is 0.507 e. The Bertz CT molecular complexity index is 1050. The number of hydrogen-bond acceptors (Lipinski definition) is 7. The van der Waals surface area contributed by atoms with E-state index in [1.54, 1.807) is 12.1 Å². The molecule has 1 N–H and O–H groups in total. The summed E-state index contributed by atoms with van der Waals surface area (Å²) in [6.07, 6.45) is 2.07. The van der Waals surface area contributed by atoms with E-state index in [2.05, 4.69) is 0 Å². The topological polar surface area (TPSA) is 92.5 Å². The van der Waals surface area contributed by atoms with Crippen LogP contribution in [-0.2, 0) is 9.59 Å². The summed E-state index contributed by atoms with van der Waals surface area (Å²) < 4.78 is 16.1. The maximum atomic E-state index is 13.0. The molecular weight excluding hydrogens is 459 g/mol. The average Bonchev–Trinajstić information content (AvgIpc) is 3.35. The van der Waals surface area contributed by atoms with Gasteiger partial charge in [0.25, 0.3) is 11.7 Å². The van der Waals surface area contributed by atoms with Crippen molar-refractivity contribution < 1.29 is 28.6 Å². The van der Waals surface area contributed by atoms with Crippen molar-refractivity contribution in [3.63, 3.8) is 0 Å². The Morgan fingerprint density at radius 3 is 2.47 bits per heavy atom. The summed E-state index contributed by atoms with van der Waals surface area (Å²) in [5, 5.41) is 11.4. The molecule has 3 rings (SSSR count). The molecule has 1 saturated heterocycles. The van der Waals surface area contributed by atoms with Gasteiger partial charge in [0.2, 0.25) is 0 Å². The molecule has 1 amide bonds. The van der Waals surface area contributed by atoms with Crippen molar-refractivity contribution in [1.82, 2.24) is 9.80 Å². The lowest BCUT2D eigenvalue weighted by atomic mass is 9.98. The molecule has 0 saturated carbocycles. The first-order valence-electron chi connectivity index (χ1n) is 9.79. The van der Waals surface area contributed by atoms with Crippen molar-refractivity contribution in [2.24, 2.45) is 0 Å². The van der Waals surface area contributed by atoms with Crippen molar-refractivity contribution in [2.45, 2.75) is 12.5 Å². The van der Waals surface area contributed by atoms with Gasteiger partial charge in [-0.05, 0) is 45.3 Å². The zero-order chi connectivity index (χ0) is 23.6. The van der Waals surface area contributed by atoms with Gasteiger partial charge in [-0.25, -0.2) is 0 Å². The lowest BCUT2D eigenvalue weighted by Gasteiger charge is -2.24. The van der Waals surface area contributed by atoms with Crippen LogP contribution in [0.5, 0.6) is 11.5 Å². The Morgan fingerprint density at radius 2 is 1.91 bits per heavy atom. The predicted molar refractivity (Wildman–Crippen MR) is 120 cm³/mol. The number of benzene rings is 1. The molecule has 0 bridgehead atoms. The van der Waals surface area contributed by atoms with E-state index in [9.17, 15) is 14.7 Å². The van der Waals surface area contributed by atoms with Crippen molar-refractivity contribution in [2.75, 3.05) is 41.4 Å². The van der Waals surface area contributed by atoms with Crippen LogP contribution in [0.15, 0.2) is 34.5 Å². The van der Waals surface area contributed by atoms with Crippen LogP contribution in [-0.4, -0.2) is 68.0 Å². The molecule has 1 aromatic heterocycles. The monoisotopic (exact) mass is 482 g/mol. The highest BCUT2D eigenvalue weighted by atomic mass is 35.5. The van der Waals surface area contributed by atoms with Gasteiger partial charge in [0.05, 0.1) is 36.6 Å². The number of likely N-dealkylation sites (tertiary alicyclic amines) is 1. The van der Waals surface area contributed by atoms with Gasteiger partial charge in [-0.3, -0.25) is 9.59 Å². The molecule has 8 nitrogen and oxygen atoms in total. The zero-order valence-electron chi connectivity index (χ0n) is 18.1. The second-order valence-electron chi connectivity index (χ2n) is 7.45. The van der Waals surface area contributed by atoms with Crippen LogP contribution in [0.1, 0.15) is 23.8 Å². The molecule has 172 valence electrons. The number of ether oxygens (including phenoxy) is 2. The number of halogens is 2. The highest BCUT2D eigenvalue weighted by Gasteiger charge is 2.47. The standard InChI is InChI=1S/C22H24Cl2N2O6/c1-25(2)8-6-9-26-17(14-7-5-10-32-14)15(19(28)22(26)29)18(27)12-11-13(23)21(31-4)16(24)20(12)30-3/h5,7,10-11,17,27H,6,8-9H2,1-4H3/b18-15-. The van der Waals surface area contributed by atoms with Crippen LogP contribution in [0.25, 0.3) is 5.76 Å². The number of aliphatic hydroxyl groups is 1. The number of amides is 1. The number of methoxy groups -OCH3 is 2. The molecule has 2 aromatic rings. The Hall–Kier alpha value is -2.68. The van der Waals surface area contributed by atoms with Gasteiger partial charge in [-0.1, -0.05) is 23.2 Å². The normalized spacial score (nSPS) is 18.0.